The molecule has 0 fully saturated rings. The molecule has 0 aliphatic heterocycles. The van der Waals surface area contributed by atoms with Crippen LogP contribution in [0.15, 0.2) is 46.9 Å². The lowest BCUT2D eigenvalue weighted by Crippen LogP contribution is -2.19. The summed E-state index contributed by atoms with van der Waals surface area (Å²) < 4.78 is 5.41. The van der Waals surface area contributed by atoms with Crippen molar-refractivity contribution in [2.45, 2.75) is 6.92 Å². The molecule has 6 nitrogen and oxygen atoms in total. The van der Waals surface area contributed by atoms with Gasteiger partial charge in [0.1, 0.15) is 11.3 Å². The Morgan fingerprint density at radius 1 is 1.10 bits per heavy atom. The van der Waals surface area contributed by atoms with E-state index in [1.165, 1.54) is 12.1 Å². The van der Waals surface area contributed by atoms with E-state index < -0.39 is 0 Å². The molecule has 3 rings (SSSR count). The predicted molar refractivity (Wildman–Crippen MR) is 79.5 cm³/mol. The summed E-state index contributed by atoms with van der Waals surface area (Å²) in [5.74, 6) is 0.725. The molecule has 1 aromatic heterocycles. The van der Waals surface area contributed by atoms with Crippen molar-refractivity contribution in [2.75, 3.05) is 10.6 Å². The molecule has 0 bridgehead atoms. The van der Waals surface area contributed by atoms with Gasteiger partial charge in [0, 0.05) is 24.4 Å². The van der Waals surface area contributed by atoms with Crippen LogP contribution in [0.5, 0.6) is 5.75 Å². The lowest BCUT2D eigenvalue weighted by molar-refractivity contribution is 0.262. The number of hydrogen-bond acceptors (Lipinski definition) is 4. The first-order valence-electron chi connectivity index (χ1n) is 6.34. The summed E-state index contributed by atoms with van der Waals surface area (Å²) >= 11 is 0. The first kappa shape index (κ1) is 13.0. The van der Waals surface area contributed by atoms with Crippen molar-refractivity contribution in [3.8, 4) is 5.75 Å². The molecule has 0 radical (unpaired) electrons. The van der Waals surface area contributed by atoms with Crippen molar-refractivity contribution in [1.29, 1.82) is 0 Å². The highest BCUT2D eigenvalue weighted by Gasteiger charge is 2.06. The molecule has 0 aliphatic rings. The van der Waals surface area contributed by atoms with Gasteiger partial charge >= 0.3 is 6.03 Å². The second-order valence-electron chi connectivity index (χ2n) is 4.54. The van der Waals surface area contributed by atoms with Gasteiger partial charge in [-0.25, -0.2) is 9.78 Å². The topological polar surface area (TPSA) is 87.4 Å². The van der Waals surface area contributed by atoms with Crippen molar-refractivity contribution >= 4 is 28.5 Å². The van der Waals surface area contributed by atoms with Gasteiger partial charge in [-0.3, -0.25) is 0 Å². The third-order valence-corrected chi connectivity index (χ3v) is 2.88. The number of rotatable bonds is 2. The molecule has 2 amide bonds. The molecule has 3 N–H and O–H groups in total. The zero-order valence-corrected chi connectivity index (χ0v) is 11.3. The highest BCUT2D eigenvalue weighted by atomic mass is 16.3. The van der Waals surface area contributed by atoms with Crippen LogP contribution in [0.3, 0.4) is 0 Å². The normalized spacial score (nSPS) is 10.5. The second kappa shape index (κ2) is 5.16. The molecule has 0 saturated carbocycles. The van der Waals surface area contributed by atoms with Gasteiger partial charge in [-0.2, -0.15) is 0 Å². The van der Waals surface area contributed by atoms with Gasteiger partial charge in [0.05, 0.1) is 0 Å². The zero-order chi connectivity index (χ0) is 14.8. The van der Waals surface area contributed by atoms with Gasteiger partial charge in [-0.15, -0.1) is 0 Å². The smallest absolute Gasteiger partial charge is 0.323 e. The monoisotopic (exact) mass is 283 g/mol. The molecule has 0 unspecified atom stereocenters. The number of carbonyl (C=O) groups is 1. The maximum atomic E-state index is 11.9. The van der Waals surface area contributed by atoms with Crippen LogP contribution in [0.1, 0.15) is 5.89 Å². The summed E-state index contributed by atoms with van der Waals surface area (Å²) in [5.41, 5.74) is 2.56. The Bertz CT molecular complexity index is 794. The fourth-order valence-electron chi connectivity index (χ4n) is 1.96. The first-order valence-corrected chi connectivity index (χ1v) is 6.34. The molecule has 0 spiro atoms. The number of carbonyl (C=O) groups excluding carboxylic acids is 1. The van der Waals surface area contributed by atoms with Crippen LogP contribution in [0.2, 0.25) is 0 Å². The van der Waals surface area contributed by atoms with E-state index in [2.05, 4.69) is 15.6 Å². The minimum atomic E-state index is -0.378. The number of benzene rings is 2. The predicted octanol–water partition coefficient (Wildman–Crippen LogP) is 3.49. The van der Waals surface area contributed by atoms with E-state index in [-0.39, 0.29) is 11.8 Å². The Labute approximate surface area is 120 Å². The Balaban J connectivity index is 1.71. The summed E-state index contributed by atoms with van der Waals surface area (Å²) in [6, 6.07) is 11.1. The van der Waals surface area contributed by atoms with Crippen LogP contribution < -0.4 is 10.6 Å². The molecule has 0 aliphatic carbocycles. The highest BCUT2D eigenvalue weighted by Crippen LogP contribution is 2.20. The molecular formula is C15H13N3O3. The van der Waals surface area contributed by atoms with E-state index >= 15 is 0 Å². The fraction of sp³-hybridized carbons (Fsp3) is 0.0667. The third-order valence-electron chi connectivity index (χ3n) is 2.88. The second-order valence-corrected chi connectivity index (χ2v) is 4.54. The number of aromatic hydroxyl groups is 1. The van der Waals surface area contributed by atoms with Gasteiger partial charge in [0.25, 0.3) is 0 Å². The maximum absolute atomic E-state index is 11.9. The zero-order valence-electron chi connectivity index (χ0n) is 11.3. The van der Waals surface area contributed by atoms with Crippen LogP contribution in [-0.4, -0.2) is 16.1 Å². The maximum Gasteiger partial charge on any atom is 0.323 e. The summed E-state index contributed by atoms with van der Waals surface area (Å²) in [4.78, 5) is 16.1. The number of aryl methyl sites for hydroxylation is 1. The standard InChI is InChI=1S/C15H13N3O3/c1-9-16-13-7-4-11(8-14(13)21-9)18-15(20)17-10-2-5-12(19)6-3-10/h2-8,19H,1H3,(H2,17,18,20). The third kappa shape index (κ3) is 2.94. The average Bonchev–Trinajstić information content (AvgIpc) is 2.80. The molecule has 0 saturated heterocycles. The van der Waals surface area contributed by atoms with E-state index in [1.54, 1.807) is 37.3 Å². The van der Waals surface area contributed by atoms with Gasteiger partial charge < -0.3 is 20.2 Å². The van der Waals surface area contributed by atoms with Crippen LogP contribution in [0, 0.1) is 6.92 Å². The minimum absolute atomic E-state index is 0.145. The first-order chi connectivity index (χ1) is 10.1. The Hall–Kier alpha value is -3.02. The van der Waals surface area contributed by atoms with Crippen LogP contribution in [0.25, 0.3) is 11.1 Å². The van der Waals surface area contributed by atoms with Crippen molar-refractivity contribution in [3.63, 3.8) is 0 Å². The Morgan fingerprint density at radius 3 is 2.52 bits per heavy atom. The van der Waals surface area contributed by atoms with Crippen LogP contribution >= 0.6 is 0 Å². The summed E-state index contributed by atoms with van der Waals surface area (Å²) in [6.07, 6.45) is 0. The van der Waals surface area contributed by atoms with Crippen LogP contribution in [-0.2, 0) is 0 Å². The number of aromatic nitrogens is 1. The van der Waals surface area contributed by atoms with Crippen molar-refractivity contribution in [2.24, 2.45) is 0 Å². The molecule has 0 atom stereocenters. The molecule has 3 aromatic rings. The van der Waals surface area contributed by atoms with Gasteiger partial charge in [-0.05, 0) is 36.4 Å². The number of amides is 2. The lowest BCUT2D eigenvalue weighted by Gasteiger charge is -2.07. The number of phenolic OH excluding ortho intramolecular Hbond substituents is 1. The van der Waals surface area contributed by atoms with Crippen molar-refractivity contribution < 1.29 is 14.3 Å². The number of nitrogens with one attached hydrogen (secondary N) is 2. The molecule has 21 heavy (non-hydrogen) atoms. The van der Waals surface area contributed by atoms with E-state index in [4.69, 9.17) is 4.42 Å². The fourth-order valence-corrected chi connectivity index (χ4v) is 1.96. The number of fused-ring (bicyclic) bond motifs is 1. The lowest BCUT2D eigenvalue weighted by atomic mass is 10.3. The van der Waals surface area contributed by atoms with Crippen LogP contribution in [0.4, 0.5) is 16.2 Å². The number of nitrogens with zero attached hydrogens (tertiary/aromatic N) is 1. The van der Waals surface area contributed by atoms with E-state index in [0.29, 0.717) is 22.8 Å². The van der Waals surface area contributed by atoms with E-state index in [0.717, 1.165) is 5.52 Å². The highest BCUT2D eigenvalue weighted by molar-refractivity contribution is 6.00. The average molecular weight is 283 g/mol. The molecule has 6 heteroatoms. The molecule has 1 heterocycles. The summed E-state index contributed by atoms with van der Waals surface area (Å²) in [7, 11) is 0. The number of oxazole rings is 1. The number of phenols is 1. The molecule has 2 aromatic carbocycles. The Kier molecular flexibility index (Phi) is 3.19. The number of hydrogen-bond donors (Lipinski definition) is 3. The molecular weight excluding hydrogens is 270 g/mol. The summed E-state index contributed by atoms with van der Waals surface area (Å²) in [6.45, 7) is 1.77. The van der Waals surface area contributed by atoms with Crippen molar-refractivity contribution in [1.82, 2.24) is 4.98 Å². The van der Waals surface area contributed by atoms with Crippen molar-refractivity contribution in [3.05, 3.63) is 48.4 Å². The SMILES string of the molecule is Cc1nc2ccc(NC(=O)Nc3ccc(O)cc3)cc2o1. The largest absolute Gasteiger partial charge is 0.508 e. The number of urea groups is 1. The van der Waals surface area contributed by atoms with Gasteiger partial charge in [0.15, 0.2) is 11.5 Å². The van der Waals surface area contributed by atoms with Gasteiger partial charge in [-0.1, -0.05) is 0 Å². The summed E-state index contributed by atoms with van der Waals surface area (Å²) in [5, 5.41) is 14.6. The molecule has 106 valence electrons. The quantitative estimate of drug-likeness (QED) is 0.628. The van der Waals surface area contributed by atoms with E-state index in [9.17, 15) is 9.90 Å². The minimum Gasteiger partial charge on any atom is -0.508 e. The van der Waals surface area contributed by atoms with Gasteiger partial charge in [0.2, 0.25) is 0 Å². The van der Waals surface area contributed by atoms with E-state index in [1.807, 2.05) is 0 Å². The number of anilines is 2. The Morgan fingerprint density at radius 2 is 1.76 bits per heavy atom.